The molecule has 2 aromatic rings. The third-order valence-corrected chi connectivity index (χ3v) is 4.09. The van der Waals surface area contributed by atoms with Gasteiger partial charge in [0.15, 0.2) is 0 Å². The van der Waals surface area contributed by atoms with E-state index in [1.165, 1.54) is 4.90 Å². The zero-order valence-electron chi connectivity index (χ0n) is 14.1. The molecule has 1 atom stereocenters. The van der Waals surface area contributed by atoms with Crippen LogP contribution < -0.4 is 9.47 Å². The van der Waals surface area contributed by atoms with Crippen molar-refractivity contribution in [3.63, 3.8) is 0 Å². The molecule has 0 N–H and O–H groups in total. The van der Waals surface area contributed by atoms with Crippen LogP contribution in [-0.4, -0.2) is 37.7 Å². The van der Waals surface area contributed by atoms with Gasteiger partial charge in [0, 0.05) is 6.07 Å². The fourth-order valence-electron chi connectivity index (χ4n) is 2.85. The lowest BCUT2D eigenvalue weighted by Crippen LogP contribution is -2.35. The number of carbonyl (C=O) groups is 2. The van der Waals surface area contributed by atoms with E-state index < -0.39 is 12.1 Å². The van der Waals surface area contributed by atoms with Crippen molar-refractivity contribution in [3.05, 3.63) is 59.7 Å². The van der Waals surface area contributed by atoms with Crippen molar-refractivity contribution in [1.82, 2.24) is 4.90 Å². The van der Waals surface area contributed by atoms with Crippen molar-refractivity contribution in [2.24, 2.45) is 0 Å². The molecule has 1 saturated heterocycles. The Labute approximate surface area is 145 Å². The van der Waals surface area contributed by atoms with Gasteiger partial charge in [-0.1, -0.05) is 30.3 Å². The second-order valence-corrected chi connectivity index (χ2v) is 5.66. The number of hydrogen-bond donors (Lipinski definition) is 0. The average molecular weight is 341 g/mol. The first kappa shape index (κ1) is 16.8. The summed E-state index contributed by atoms with van der Waals surface area (Å²) in [5.41, 5.74) is 1.57. The van der Waals surface area contributed by atoms with E-state index in [4.69, 9.17) is 14.2 Å². The molecule has 1 aliphatic heterocycles. The number of benzene rings is 2. The van der Waals surface area contributed by atoms with Crippen LogP contribution in [-0.2, 0) is 16.0 Å². The van der Waals surface area contributed by atoms with Gasteiger partial charge in [0.25, 0.3) is 0 Å². The van der Waals surface area contributed by atoms with Gasteiger partial charge in [0.2, 0.25) is 5.91 Å². The Hall–Kier alpha value is -3.02. The summed E-state index contributed by atoms with van der Waals surface area (Å²) in [5.74, 6) is 0.850. The summed E-state index contributed by atoms with van der Waals surface area (Å²) in [6.07, 6.45) is -0.569. The van der Waals surface area contributed by atoms with Gasteiger partial charge in [0.1, 0.15) is 24.1 Å². The Bertz CT molecular complexity index is 752. The Morgan fingerprint density at radius 3 is 2.36 bits per heavy atom. The molecule has 2 amide bonds. The number of ether oxygens (including phenoxy) is 3. The fraction of sp³-hybridized carbons (Fsp3) is 0.263. The zero-order chi connectivity index (χ0) is 17.8. The maximum Gasteiger partial charge on any atom is 0.417 e. The molecular formula is C19H19NO5. The number of carbonyl (C=O) groups excluding carboxylic acids is 2. The molecule has 0 aromatic heterocycles. The maximum atomic E-state index is 12.8. The third-order valence-electron chi connectivity index (χ3n) is 4.09. The lowest BCUT2D eigenvalue weighted by atomic mass is 10.1. The average Bonchev–Trinajstić information content (AvgIpc) is 3.03. The van der Waals surface area contributed by atoms with Gasteiger partial charge in [-0.25, -0.2) is 9.69 Å². The van der Waals surface area contributed by atoms with Crippen LogP contribution in [0.4, 0.5) is 4.79 Å². The van der Waals surface area contributed by atoms with Gasteiger partial charge in [-0.2, -0.15) is 0 Å². The molecule has 0 aliphatic carbocycles. The van der Waals surface area contributed by atoms with E-state index in [0.29, 0.717) is 17.1 Å². The summed E-state index contributed by atoms with van der Waals surface area (Å²) in [7, 11) is 3.09. The quantitative estimate of drug-likeness (QED) is 0.836. The van der Waals surface area contributed by atoms with Crippen LogP contribution in [0.2, 0.25) is 0 Å². The Balaban J connectivity index is 1.83. The van der Waals surface area contributed by atoms with Crippen molar-refractivity contribution in [3.8, 4) is 11.5 Å². The molecule has 0 bridgehead atoms. The highest BCUT2D eigenvalue weighted by molar-refractivity contribution is 5.94. The highest BCUT2D eigenvalue weighted by Crippen LogP contribution is 2.29. The topological polar surface area (TPSA) is 65.1 Å². The molecule has 1 aliphatic rings. The predicted octanol–water partition coefficient (Wildman–Crippen LogP) is 2.97. The lowest BCUT2D eigenvalue weighted by Gasteiger charge is -2.20. The molecular weight excluding hydrogens is 322 g/mol. The minimum absolute atomic E-state index is 0.0476. The molecule has 6 nitrogen and oxygen atoms in total. The fourth-order valence-corrected chi connectivity index (χ4v) is 2.85. The van der Waals surface area contributed by atoms with Crippen LogP contribution in [0.1, 0.15) is 17.2 Å². The second kappa shape index (κ2) is 7.25. The summed E-state index contributed by atoms with van der Waals surface area (Å²) >= 11 is 0. The summed E-state index contributed by atoms with van der Waals surface area (Å²) in [5, 5.41) is 0. The molecule has 0 spiro atoms. The lowest BCUT2D eigenvalue weighted by molar-refractivity contribution is -0.128. The van der Waals surface area contributed by atoms with Gasteiger partial charge in [0.05, 0.1) is 20.6 Å². The van der Waals surface area contributed by atoms with Gasteiger partial charge in [-0.05, 0) is 23.3 Å². The molecule has 6 heteroatoms. The first-order valence-electron chi connectivity index (χ1n) is 7.88. The number of rotatable bonds is 5. The van der Waals surface area contributed by atoms with Crippen molar-refractivity contribution in [1.29, 1.82) is 0 Å². The Morgan fingerprint density at radius 1 is 1.12 bits per heavy atom. The summed E-state index contributed by atoms with van der Waals surface area (Å²) < 4.78 is 15.5. The highest BCUT2D eigenvalue weighted by Gasteiger charge is 2.38. The number of amides is 2. The molecule has 1 fully saturated rings. The van der Waals surface area contributed by atoms with Gasteiger partial charge < -0.3 is 14.2 Å². The number of hydrogen-bond acceptors (Lipinski definition) is 5. The van der Waals surface area contributed by atoms with Crippen LogP contribution in [0.25, 0.3) is 0 Å². The molecule has 3 rings (SSSR count). The smallest absolute Gasteiger partial charge is 0.417 e. The van der Waals surface area contributed by atoms with E-state index >= 15 is 0 Å². The maximum absolute atomic E-state index is 12.8. The third kappa shape index (κ3) is 3.57. The van der Waals surface area contributed by atoms with Crippen molar-refractivity contribution >= 4 is 12.0 Å². The monoisotopic (exact) mass is 341 g/mol. The van der Waals surface area contributed by atoms with E-state index in [2.05, 4.69) is 0 Å². The Morgan fingerprint density at radius 2 is 1.76 bits per heavy atom. The van der Waals surface area contributed by atoms with E-state index in [1.807, 2.05) is 30.3 Å². The van der Waals surface area contributed by atoms with Crippen LogP contribution in [0.3, 0.4) is 0 Å². The number of nitrogens with zero attached hydrogens (tertiary/aromatic N) is 1. The van der Waals surface area contributed by atoms with Crippen molar-refractivity contribution in [2.75, 3.05) is 20.8 Å². The minimum atomic E-state index is -0.617. The van der Waals surface area contributed by atoms with Gasteiger partial charge in [-0.3, -0.25) is 4.79 Å². The highest BCUT2D eigenvalue weighted by atomic mass is 16.6. The van der Waals surface area contributed by atoms with Crippen LogP contribution >= 0.6 is 0 Å². The van der Waals surface area contributed by atoms with Gasteiger partial charge in [-0.15, -0.1) is 0 Å². The number of methoxy groups -OCH3 is 2. The van der Waals surface area contributed by atoms with Crippen molar-refractivity contribution in [2.45, 2.75) is 12.5 Å². The van der Waals surface area contributed by atoms with Crippen LogP contribution in [0.5, 0.6) is 11.5 Å². The minimum Gasteiger partial charge on any atom is -0.497 e. The van der Waals surface area contributed by atoms with E-state index in [-0.39, 0.29) is 18.9 Å². The molecule has 0 saturated carbocycles. The molecule has 0 radical (unpaired) electrons. The molecule has 0 unspecified atom stereocenters. The van der Waals surface area contributed by atoms with Gasteiger partial charge >= 0.3 is 6.09 Å². The van der Waals surface area contributed by atoms with Crippen LogP contribution in [0, 0.1) is 0 Å². The van der Waals surface area contributed by atoms with Crippen molar-refractivity contribution < 1.29 is 23.8 Å². The summed E-state index contributed by atoms with van der Waals surface area (Å²) in [4.78, 5) is 26.0. The molecule has 130 valence electrons. The first-order valence-corrected chi connectivity index (χ1v) is 7.88. The van der Waals surface area contributed by atoms with E-state index in [1.54, 1.807) is 32.4 Å². The molecule has 25 heavy (non-hydrogen) atoms. The predicted molar refractivity (Wildman–Crippen MR) is 90.6 cm³/mol. The Kier molecular flexibility index (Phi) is 4.88. The standard InChI is InChI=1S/C19H19NO5/c1-23-15-8-13(9-16(11-15)24-2)10-18(21)20-17(12-25-19(20)22)14-6-4-3-5-7-14/h3-9,11,17H,10,12H2,1-2H3/t17-/m1/s1. The zero-order valence-corrected chi connectivity index (χ0v) is 14.1. The molecule has 2 aromatic carbocycles. The summed E-state index contributed by atoms with van der Waals surface area (Å²) in [6, 6.07) is 14.2. The second-order valence-electron chi connectivity index (χ2n) is 5.66. The van der Waals surface area contributed by atoms with E-state index in [0.717, 1.165) is 5.56 Å². The largest absolute Gasteiger partial charge is 0.497 e. The molecule has 1 heterocycles. The summed E-state index contributed by atoms with van der Waals surface area (Å²) in [6.45, 7) is 0.163. The SMILES string of the molecule is COc1cc(CC(=O)N2C(=O)OC[C@@H]2c2ccccc2)cc(OC)c1. The number of cyclic esters (lactones) is 1. The first-order chi connectivity index (χ1) is 12.1. The number of imide groups is 1. The normalized spacial score (nSPS) is 16.5. The van der Waals surface area contributed by atoms with Crippen LogP contribution in [0.15, 0.2) is 48.5 Å². The van der Waals surface area contributed by atoms with E-state index in [9.17, 15) is 9.59 Å².